The van der Waals surface area contributed by atoms with E-state index >= 15 is 0 Å². The zero-order chi connectivity index (χ0) is 9.19. The Bertz CT molecular complexity index is 180. The molecule has 4 nitrogen and oxygen atoms in total. The van der Waals surface area contributed by atoms with Crippen LogP contribution in [0.3, 0.4) is 0 Å². The van der Waals surface area contributed by atoms with Gasteiger partial charge in [0.05, 0.1) is 12.7 Å². The van der Waals surface area contributed by atoms with Gasteiger partial charge in [0.25, 0.3) is 0 Å². The van der Waals surface area contributed by atoms with Gasteiger partial charge in [-0.15, -0.1) is 0 Å². The summed E-state index contributed by atoms with van der Waals surface area (Å²) in [6.07, 6.45) is 1.60. The summed E-state index contributed by atoms with van der Waals surface area (Å²) in [5.74, 6) is 0. The van der Waals surface area contributed by atoms with Gasteiger partial charge in [0.2, 0.25) is 0 Å². The smallest absolute Gasteiger partial charge is 0.120 e. The van der Waals surface area contributed by atoms with E-state index in [0.29, 0.717) is 12.8 Å². The molecule has 1 aliphatic rings. The van der Waals surface area contributed by atoms with E-state index in [1.165, 1.54) is 12.2 Å². The summed E-state index contributed by atoms with van der Waals surface area (Å²) in [5, 5.41) is 36.4. The molecule has 0 aromatic heterocycles. The van der Waals surface area contributed by atoms with Crippen molar-refractivity contribution in [2.75, 3.05) is 6.61 Å². The Kier molecular flexibility index (Phi) is 2.85. The third kappa shape index (κ3) is 1.51. The number of hydrogen-bond acceptors (Lipinski definition) is 4. The van der Waals surface area contributed by atoms with Crippen LogP contribution in [0.2, 0.25) is 0 Å². The SMILES string of the molecule is OCC=CC(O)C1(O)CCC1O. The predicted octanol–water partition coefficient (Wildman–Crippen LogP) is -1.22. The standard InChI is InChI=1S/C8H14O4/c9-5-1-2-6(10)8(12)4-3-7(8)11/h1-2,6-7,9-12H,3-5H2. The fraction of sp³-hybridized carbons (Fsp3) is 0.750. The van der Waals surface area contributed by atoms with Gasteiger partial charge < -0.3 is 20.4 Å². The normalized spacial score (nSPS) is 38.2. The second-order valence-electron chi connectivity index (χ2n) is 3.10. The average Bonchev–Trinajstić information content (AvgIpc) is 2.10. The zero-order valence-electron chi connectivity index (χ0n) is 6.72. The minimum atomic E-state index is -1.40. The van der Waals surface area contributed by atoms with Crippen molar-refractivity contribution in [1.29, 1.82) is 0 Å². The summed E-state index contributed by atoms with van der Waals surface area (Å²) in [6.45, 7) is -0.177. The Hall–Kier alpha value is -0.420. The molecule has 1 rings (SSSR count). The maximum Gasteiger partial charge on any atom is 0.120 e. The lowest BCUT2D eigenvalue weighted by molar-refractivity contribution is -0.188. The topological polar surface area (TPSA) is 80.9 Å². The lowest BCUT2D eigenvalue weighted by Gasteiger charge is -2.44. The van der Waals surface area contributed by atoms with Gasteiger partial charge >= 0.3 is 0 Å². The molecule has 0 aromatic rings. The minimum Gasteiger partial charge on any atom is -0.392 e. The van der Waals surface area contributed by atoms with Gasteiger partial charge in [-0.1, -0.05) is 12.2 Å². The molecule has 0 saturated heterocycles. The van der Waals surface area contributed by atoms with E-state index in [2.05, 4.69) is 0 Å². The first kappa shape index (κ1) is 9.67. The van der Waals surface area contributed by atoms with Crippen LogP contribution in [0, 0.1) is 0 Å². The highest BCUT2D eigenvalue weighted by Crippen LogP contribution is 2.35. The molecule has 3 unspecified atom stereocenters. The van der Waals surface area contributed by atoms with Crippen LogP contribution in [0.25, 0.3) is 0 Å². The minimum absolute atomic E-state index is 0.177. The molecule has 1 fully saturated rings. The number of rotatable bonds is 3. The van der Waals surface area contributed by atoms with Crippen molar-refractivity contribution in [2.24, 2.45) is 0 Å². The van der Waals surface area contributed by atoms with E-state index in [-0.39, 0.29) is 6.61 Å². The van der Waals surface area contributed by atoms with Crippen LogP contribution < -0.4 is 0 Å². The van der Waals surface area contributed by atoms with Gasteiger partial charge in [-0.05, 0) is 12.8 Å². The van der Waals surface area contributed by atoms with Crippen LogP contribution in [-0.2, 0) is 0 Å². The fourth-order valence-electron chi connectivity index (χ4n) is 1.27. The molecule has 0 amide bonds. The molecule has 1 aliphatic carbocycles. The molecule has 3 atom stereocenters. The Morgan fingerprint density at radius 1 is 1.58 bits per heavy atom. The van der Waals surface area contributed by atoms with Crippen LogP contribution in [0.4, 0.5) is 0 Å². The predicted molar refractivity (Wildman–Crippen MR) is 42.4 cm³/mol. The van der Waals surface area contributed by atoms with Crippen molar-refractivity contribution in [2.45, 2.75) is 30.7 Å². The molecule has 0 heterocycles. The van der Waals surface area contributed by atoms with Crippen LogP contribution in [0.15, 0.2) is 12.2 Å². The van der Waals surface area contributed by atoms with E-state index in [0.717, 1.165) is 0 Å². The first-order valence-corrected chi connectivity index (χ1v) is 3.97. The monoisotopic (exact) mass is 174 g/mol. The van der Waals surface area contributed by atoms with Gasteiger partial charge in [-0.25, -0.2) is 0 Å². The third-order valence-corrected chi connectivity index (χ3v) is 2.33. The highest BCUT2D eigenvalue weighted by atomic mass is 16.4. The van der Waals surface area contributed by atoms with Crippen LogP contribution >= 0.6 is 0 Å². The van der Waals surface area contributed by atoms with E-state index < -0.39 is 17.8 Å². The van der Waals surface area contributed by atoms with E-state index in [1.807, 2.05) is 0 Å². The lowest BCUT2D eigenvalue weighted by Crippen LogP contribution is -2.58. The van der Waals surface area contributed by atoms with Crippen LogP contribution in [0.5, 0.6) is 0 Å². The second kappa shape index (κ2) is 3.53. The first-order chi connectivity index (χ1) is 5.61. The average molecular weight is 174 g/mol. The van der Waals surface area contributed by atoms with Gasteiger partial charge in [-0.2, -0.15) is 0 Å². The van der Waals surface area contributed by atoms with E-state index in [1.54, 1.807) is 0 Å². The fourth-order valence-corrected chi connectivity index (χ4v) is 1.27. The molecule has 0 aromatic carbocycles. The number of aliphatic hydroxyl groups is 4. The first-order valence-electron chi connectivity index (χ1n) is 3.97. The summed E-state index contributed by atoms with van der Waals surface area (Å²) in [4.78, 5) is 0. The number of hydrogen-bond donors (Lipinski definition) is 4. The Morgan fingerprint density at radius 3 is 2.58 bits per heavy atom. The summed E-state index contributed by atoms with van der Waals surface area (Å²) in [6, 6.07) is 0. The van der Waals surface area contributed by atoms with Crippen molar-refractivity contribution in [3.63, 3.8) is 0 Å². The highest BCUT2D eigenvalue weighted by Gasteiger charge is 2.48. The van der Waals surface area contributed by atoms with Crippen LogP contribution in [-0.4, -0.2) is 44.8 Å². The molecule has 12 heavy (non-hydrogen) atoms. The van der Waals surface area contributed by atoms with Crippen molar-refractivity contribution in [3.8, 4) is 0 Å². The molecular weight excluding hydrogens is 160 g/mol. The molecule has 0 bridgehead atoms. The van der Waals surface area contributed by atoms with Gasteiger partial charge in [-0.3, -0.25) is 0 Å². The maximum absolute atomic E-state index is 9.54. The molecule has 4 heteroatoms. The highest BCUT2D eigenvalue weighted by molar-refractivity contribution is 5.09. The summed E-state index contributed by atoms with van der Waals surface area (Å²) < 4.78 is 0. The Morgan fingerprint density at radius 2 is 2.25 bits per heavy atom. The van der Waals surface area contributed by atoms with E-state index in [9.17, 15) is 10.2 Å². The van der Waals surface area contributed by atoms with Gasteiger partial charge in [0.15, 0.2) is 0 Å². The van der Waals surface area contributed by atoms with Crippen LogP contribution in [0.1, 0.15) is 12.8 Å². The summed E-state index contributed by atoms with van der Waals surface area (Å²) in [5.41, 5.74) is -1.40. The maximum atomic E-state index is 9.54. The Labute approximate surface area is 70.8 Å². The van der Waals surface area contributed by atoms with Crippen molar-refractivity contribution >= 4 is 0 Å². The summed E-state index contributed by atoms with van der Waals surface area (Å²) in [7, 11) is 0. The second-order valence-corrected chi connectivity index (χ2v) is 3.10. The van der Waals surface area contributed by atoms with Gasteiger partial charge in [0, 0.05) is 0 Å². The largest absolute Gasteiger partial charge is 0.392 e. The molecule has 70 valence electrons. The zero-order valence-corrected chi connectivity index (χ0v) is 6.72. The molecule has 1 saturated carbocycles. The van der Waals surface area contributed by atoms with Crippen molar-refractivity contribution < 1.29 is 20.4 Å². The van der Waals surface area contributed by atoms with Crippen molar-refractivity contribution in [3.05, 3.63) is 12.2 Å². The van der Waals surface area contributed by atoms with Crippen molar-refractivity contribution in [1.82, 2.24) is 0 Å². The molecule has 4 N–H and O–H groups in total. The molecular formula is C8H14O4. The molecule has 0 aliphatic heterocycles. The number of aliphatic hydroxyl groups excluding tert-OH is 3. The van der Waals surface area contributed by atoms with Gasteiger partial charge in [0.1, 0.15) is 11.7 Å². The summed E-state index contributed by atoms with van der Waals surface area (Å²) >= 11 is 0. The quantitative estimate of drug-likeness (QED) is 0.404. The van der Waals surface area contributed by atoms with E-state index in [4.69, 9.17) is 10.2 Å². The lowest BCUT2D eigenvalue weighted by atomic mass is 9.73. The molecule has 0 spiro atoms. The Balaban J connectivity index is 2.51. The third-order valence-electron chi connectivity index (χ3n) is 2.33. The molecule has 0 radical (unpaired) electrons.